The van der Waals surface area contributed by atoms with Crippen molar-refractivity contribution >= 4 is 23.2 Å². The predicted molar refractivity (Wildman–Crippen MR) is 113 cm³/mol. The Labute approximate surface area is 171 Å². The van der Waals surface area contributed by atoms with E-state index < -0.39 is 0 Å². The number of benzene rings is 1. The minimum absolute atomic E-state index is 0.0488. The average Bonchev–Trinajstić information content (AvgIpc) is 3.33. The number of alkyl halides is 1. The summed E-state index contributed by atoms with van der Waals surface area (Å²) in [6, 6.07) is 8.54. The molecule has 152 valence electrons. The number of carbonyl (C=O) groups excluding carboxylic acids is 1. The molecule has 0 spiro atoms. The number of nitrogens with zero attached hydrogens (tertiary/aromatic N) is 3. The number of ether oxygens (including phenoxy) is 1. The molecule has 1 atom stereocenters. The van der Waals surface area contributed by atoms with Gasteiger partial charge in [-0.3, -0.25) is 4.79 Å². The van der Waals surface area contributed by atoms with Gasteiger partial charge in [-0.1, -0.05) is 0 Å². The Morgan fingerprint density at radius 3 is 2.86 bits per heavy atom. The largest absolute Gasteiger partial charge is 0.494 e. The van der Waals surface area contributed by atoms with Crippen LogP contribution in [0.2, 0.25) is 0 Å². The quantitative estimate of drug-likeness (QED) is 0.478. The van der Waals surface area contributed by atoms with Crippen LogP contribution in [0.3, 0.4) is 0 Å². The molecule has 1 fully saturated rings. The van der Waals surface area contributed by atoms with Gasteiger partial charge in [0.05, 0.1) is 30.4 Å². The minimum Gasteiger partial charge on any atom is -0.494 e. The van der Waals surface area contributed by atoms with Crippen LogP contribution in [-0.2, 0) is 4.79 Å². The highest BCUT2D eigenvalue weighted by atomic mass is 35.5. The summed E-state index contributed by atoms with van der Waals surface area (Å²) in [5, 5.41) is 7.13. The molecule has 0 aliphatic carbocycles. The van der Waals surface area contributed by atoms with Crippen LogP contribution in [-0.4, -0.2) is 52.2 Å². The highest BCUT2D eigenvalue weighted by Gasteiger charge is 2.19. The van der Waals surface area contributed by atoms with E-state index in [-0.39, 0.29) is 5.91 Å². The first-order chi connectivity index (χ1) is 13.7. The molecule has 0 radical (unpaired) electrons. The lowest BCUT2D eigenvalue weighted by Gasteiger charge is -2.20. The molecule has 1 N–H and O–H groups in total. The lowest BCUT2D eigenvalue weighted by molar-refractivity contribution is -0.116. The van der Waals surface area contributed by atoms with Gasteiger partial charge in [-0.15, -0.1) is 11.6 Å². The summed E-state index contributed by atoms with van der Waals surface area (Å²) in [4.78, 5) is 14.3. The van der Waals surface area contributed by atoms with Gasteiger partial charge in [0.2, 0.25) is 5.91 Å². The topological polar surface area (TPSA) is 59.4 Å². The maximum atomic E-state index is 11.8. The molecule has 1 amide bonds. The second-order valence-corrected chi connectivity index (χ2v) is 7.62. The molecule has 2 heterocycles. The first-order valence-corrected chi connectivity index (χ1v) is 10.6. The van der Waals surface area contributed by atoms with Gasteiger partial charge in [0, 0.05) is 24.9 Å². The summed E-state index contributed by atoms with van der Waals surface area (Å²) >= 11 is 5.61. The number of hydrogen-bond donors (Lipinski definition) is 1. The maximum absolute atomic E-state index is 11.8. The van der Waals surface area contributed by atoms with E-state index in [2.05, 4.69) is 22.2 Å². The third kappa shape index (κ3) is 5.97. The Kier molecular flexibility index (Phi) is 7.74. The molecule has 1 saturated heterocycles. The number of likely N-dealkylation sites (tertiary alicyclic amines) is 1. The van der Waals surface area contributed by atoms with Gasteiger partial charge in [-0.2, -0.15) is 5.10 Å². The van der Waals surface area contributed by atoms with Crippen LogP contribution in [0.5, 0.6) is 5.75 Å². The van der Waals surface area contributed by atoms with E-state index in [1.165, 1.54) is 19.4 Å². The fourth-order valence-corrected chi connectivity index (χ4v) is 3.59. The lowest BCUT2D eigenvalue weighted by atomic mass is 10.2. The van der Waals surface area contributed by atoms with Gasteiger partial charge >= 0.3 is 0 Å². The summed E-state index contributed by atoms with van der Waals surface area (Å²) in [6.45, 7) is 5.35. The normalized spacial score (nSPS) is 17.0. The fourth-order valence-electron chi connectivity index (χ4n) is 3.46. The summed E-state index contributed by atoms with van der Waals surface area (Å²) in [5.74, 6) is 1.30. The maximum Gasteiger partial charge on any atom is 0.224 e. The first-order valence-electron chi connectivity index (χ1n) is 10.0. The van der Waals surface area contributed by atoms with E-state index in [4.69, 9.17) is 16.3 Å². The van der Waals surface area contributed by atoms with Crippen molar-refractivity contribution in [2.45, 2.75) is 45.1 Å². The molecule has 0 unspecified atom stereocenters. The van der Waals surface area contributed by atoms with Crippen molar-refractivity contribution in [1.82, 2.24) is 14.7 Å². The molecule has 3 rings (SSSR count). The van der Waals surface area contributed by atoms with Crippen LogP contribution < -0.4 is 10.1 Å². The van der Waals surface area contributed by atoms with Gasteiger partial charge < -0.3 is 15.0 Å². The molecular formula is C21H29ClN4O2. The van der Waals surface area contributed by atoms with Crippen LogP contribution in [0.4, 0.5) is 5.69 Å². The van der Waals surface area contributed by atoms with Crippen LogP contribution in [0, 0.1) is 0 Å². The molecule has 1 aromatic carbocycles. The van der Waals surface area contributed by atoms with Gasteiger partial charge in [-0.25, -0.2) is 4.68 Å². The monoisotopic (exact) mass is 404 g/mol. The number of hydrogen-bond acceptors (Lipinski definition) is 4. The number of aromatic nitrogens is 2. The number of anilines is 1. The van der Waals surface area contributed by atoms with Crippen molar-refractivity contribution in [2.24, 2.45) is 0 Å². The van der Waals surface area contributed by atoms with Gasteiger partial charge in [0.15, 0.2) is 0 Å². The molecule has 1 aliphatic heterocycles. The summed E-state index contributed by atoms with van der Waals surface area (Å²) in [5.41, 5.74) is 1.59. The van der Waals surface area contributed by atoms with Crippen LogP contribution in [0.25, 0.3) is 5.69 Å². The average molecular weight is 405 g/mol. The van der Waals surface area contributed by atoms with E-state index >= 15 is 0 Å². The molecular weight excluding hydrogens is 376 g/mol. The van der Waals surface area contributed by atoms with Crippen molar-refractivity contribution in [3.63, 3.8) is 0 Å². The van der Waals surface area contributed by atoms with Crippen molar-refractivity contribution in [3.8, 4) is 11.4 Å². The molecule has 1 aromatic heterocycles. The van der Waals surface area contributed by atoms with E-state index in [1.807, 2.05) is 24.3 Å². The van der Waals surface area contributed by atoms with Gasteiger partial charge in [0.1, 0.15) is 5.75 Å². The second-order valence-electron chi connectivity index (χ2n) is 7.24. The number of amides is 1. The molecule has 0 bridgehead atoms. The molecule has 7 heteroatoms. The number of halogens is 1. The Hall–Kier alpha value is -2.05. The molecule has 28 heavy (non-hydrogen) atoms. The molecule has 2 aromatic rings. The first kappa shape index (κ1) is 20.7. The Morgan fingerprint density at radius 2 is 2.14 bits per heavy atom. The Balaban J connectivity index is 1.44. The number of carbonyl (C=O) groups is 1. The zero-order chi connectivity index (χ0) is 19.8. The van der Waals surface area contributed by atoms with E-state index in [1.54, 1.807) is 17.1 Å². The van der Waals surface area contributed by atoms with Crippen LogP contribution >= 0.6 is 11.6 Å². The minimum atomic E-state index is -0.0488. The van der Waals surface area contributed by atoms with Crippen molar-refractivity contribution in [1.29, 1.82) is 0 Å². The molecule has 6 nitrogen and oxygen atoms in total. The standard InChI is InChI=1S/C21H29ClN4O2/c1-17-5-3-12-25(17)13-4-14-28-20-9-7-19(8-10-20)26-16-18(15-23-26)24-21(27)6-2-11-22/h7-10,15-17H,2-6,11-14H2,1H3,(H,24,27)/t17-/m1/s1. The number of nitrogens with one attached hydrogen (secondary N) is 1. The highest BCUT2D eigenvalue weighted by Crippen LogP contribution is 2.18. The van der Waals surface area contributed by atoms with Crippen molar-refractivity contribution in [3.05, 3.63) is 36.7 Å². The van der Waals surface area contributed by atoms with Crippen LogP contribution in [0.15, 0.2) is 36.7 Å². The molecule has 1 aliphatic rings. The van der Waals surface area contributed by atoms with Gasteiger partial charge in [0.25, 0.3) is 0 Å². The smallest absolute Gasteiger partial charge is 0.224 e. The predicted octanol–water partition coefficient (Wildman–Crippen LogP) is 4.08. The SMILES string of the molecule is C[C@@H]1CCCN1CCCOc1ccc(-n2cc(NC(=O)CCCCl)cn2)cc1. The summed E-state index contributed by atoms with van der Waals surface area (Å²) in [7, 11) is 0. The van der Waals surface area contributed by atoms with E-state index in [0.717, 1.165) is 31.0 Å². The zero-order valence-corrected chi connectivity index (χ0v) is 17.2. The molecule has 0 saturated carbocycles. The second kappa shape index (κ2) is 10.5. The van der Waals surface area contributed by atoms with Gasteiger partial charge in [-0.05, 0) is 63.4 Å². The van der Waals surface area contributed by atoms with Crippen molar-refractivity contribution < 1.29 is 9.53 Å². The lowest BCUT2D eigenvalue weighted by Crippen LogP contribution is -2.28. The third-order valence-electron chi connectivity index (χ3n) is 5.05. The summed E-state index contributed by atoms with van der Waals surface area (Å²) < 4.78 is 7.60. The van der Waals surface area contributed by atoms with Crippen LogP contribution in [0.1, 0.15) is 39.0 Å². The van der Waals surface area contributed by atoms with Crippen molar-refractivity contribution in [2.75, 3.05) is 30.9 Å². The highest BCUT2D eigenvalue weighted by molar-refractivity contribution is 6.18. The Morgan fingerprint density at radius 1 is 1.32 bits per heavy atom. The fraction of sp³-hybridized carbons (Fsp3) is 0.524. The summed E-state index contributed by atoms with van der Waals surface area (Å²) in [6.07, 6.45) is 8.19. The number of rotatable bonds is 10. The van der Waals surface area contributed by atoms with E-state index in [9.17, 15) is 4.79 Å². The van der Waals surface area contributed by atoms with E-state index in [0.29, 0.717) is 30.5 Å². The third-order valence-corrected chi connectivity index (χ3v) is 5.32. The Bertz CT molecular complexity index is 747. The zero-order valence-electron chi connectivity index (χ0n) is 16.4.